The van der Waals surface area contributed by atoms with Gasteiger partial charge in [-0.3, -0.25) is 9.59 Å². The minimum absolute atomic E-state index is 0. The van der Waals surface area contributed by atoms with Crippen LogP contribution in [-0.2, 0) is 42.3 Å². The van der Waals surface area contributed by atoms with Crippen LogP contribution in [0.2, 0.25) is 0 Å². The molecule has 1 amide bonds. The Hall–Kier alpha value is 0.204. The van der Waals surface area contributed by atoms with Crippen LogP contribution in [0.4, 0.5) is 0 Å². The standard InChI is InChI=1S/C20H33N2O2.2C2H6.Y/c1-16(23)18-5-7-19(8-6-18)20(24)22-13-9-17(10-14-22)15-21-11-3-2-4-12-21;2*1-2;/h2,17-19H,3-15H2,1H3;2*1-2H3;/q-1;;;. The molecule has 0 bridgehead atoms. The van der Waals surface area contributed by atoms with Crippen LogP contribution in [-0.4, -0.2) is 54.2 Å². The fourth-order valence-corrected chi connectivity index (χ4v) is 4.69. The maximum atomic E-state index is 12.8. The molecule has 2 heterocycles. The molecule has 0 atom stereocenters. The SMILES string of the molecule is CC.CC.CC(=O)C1CCC(C(=O)N2CCC(CN3CC[CH-]CC3)CC2)CC1.[Y]. The minimum Gasteiger partial charge on any atom is -0.342 e. The number of hydrogen-bond acceptors (Lipinski definition) is 3. The van der Waals surface area contributed by atoms with Gasteiger partial charge in [-0.2, -0.15) is 12.8 Å². The molecule has 0 N–H and O–H groups in total. The van der Waals surface area contributed by atoms with Gasteiger partial charge >= 0.3 is 0 Å². The Bertz CT molecular complexity index is 436. The summed E-state index contributed by atoms with van der Waals surface area (Å²) in [5, 5.41) is 0. The number of Topliss-reactive ketones (excluding diaryl/α,β-unsaturated/α-hetero) is 1. The van der Waals surface area contributed by atoms with Gasteiger partial charge in [0.2, 0.25) is 5.91 Å². The van der Waals surface area contributed by atoms with Crippen LogP contribution in [0, 0.1) is 24.2 Å². The fraction of sp³-hybridized carbons (Fsp3) is 0.875. The van der Waals surface area contributed by atoms with Gasteiger partial charge in [0.15, 0.2) is 0 Å². The van der Waals surface area contributed by atoms with Gasteiger partial charge in [0.1, 0.15) is 5.78 Å². The minimum atomic E-state index is 0. The molecule has 0 aromatic carbocycles. The Morgan fingerprint density at radius 2 is 1.28 bits per heavy atom. The second-order valence-corrected chi connectivity index (χ2v) is 8.09. The van der Waals surface area contributed by atoms with Crippen molar-refractivity contribution in [2.75, 3.05) is 32.7 Å². The number of piperidine rings is 2. The van der Waals surface area contributed by atoms with E-state index in [4.69, 9.17) is 0 Å². The van der Waals surface area contributed by atoms with E-state index >= 15 is 0 Å². The van der Waals surface area contributed by atoms with Crippen molar-refractivity contribution in [1.82, 2.24) is 9.80 Å². The zero-order chi connectivity index (χ0) is 20.9. The summed E-state index contributed by atoms with van der Waals surface area (Å²) < 4.78 is 0. The Morgan fingerprint density at radius 1 is 0.793 bits per heavy atom. The average Bonchev–Trinajstić information content (AvgIpc) is 2.77. The first-order valence-corrected chi connectivity index (χ1v) is 12.0. The van der Waals surface area contributed by atoms with Gasteiger partial charge < -0.3 is 16.2 Å². The smallest absolute Gasteiger partial charge is 0.225 e. The summed E-state index contributed by atoms with van der Waals surface area (Å²) in [4.78, 5) is 28.9. The van der Waals surface area contributed by atoms with E-state index in [2.05, 4.69) is 16.2 Å². The number of likely N-dealkylation sites (tertiary alicyclic amines) is 2. The molecule has 0 aromatic rings. The van der Waals surface area contributed by atoms with Crippen molar-refractivity contribution in [3.05, 3.63) is 6.42 Å². The molecule has 5 heteroatoms. The molecule has 2 aliphatic heterocycles. The fourth-order valence-electron chi connectivity index (χ4n) is 4.69. The van der Waals surface area contributed by atoms with Gasteiger partial charge in [-0.25, -0.2) is 0 Å². The molecular weight excluding hydrogens is 437 g/mol. The third kappa shape index (κ3) is 9.91. The first-order valence-electron chi connectivity index (χ1n) is 12.0. The normalized spacial score (nSPS) is 25.5. The van der Waals surface area contributed by atoms with E-state index in [1.807, 2.05) is 27.7 Å². The van der Waals surface area contributed by atoms with Gasteiger partial charge in [-0.1, -0.05) is 27.7 Å². The largest absolute Gasteiger partial charge is 0.342 e. The summed E-state index contributed by atoms with van der Waals surface area (Å²) >= 11 is 0. The molecule has 1 aliphatic carbocycles. The third-order valence-corrected chi connectivity index (χ3v) is 6.39. The van der Waals surface area contributed by atoms with Gasteiger partial charge in [0.05, 0.1) is 0 Å². The van der Waals surface area contributed by atoms with Crippen molar-refractivity contribution >= 4 is 11.7 Å². The molecule has 2 saturated heterocycles. The van der Waals surface area contributed by atoms with E-state index in [0.29, 0.717) is 11.7 Å². The first-order chi connectivity index (χ1) is 13.6. The Kier molecular flexibility index (Phi) is 17.0. The monoisotopic (exact) mass is 482 g/mol. The van der Waals surface area contributed by atoms with Gasteiger partial charge in [0.25, 0.3) is 0 Å². The van der Waals surface area contributed by atoms with E-state index in [1.54, 1.807) is 6.92 Å². The van der Waals surface area contributed by atoms with Crippen LogP contribution in [0.15, 0.2) is 0 Å². The molecule has 1 saturated carbocycles. The molecule has 3 aliphatic rings. The molecule has 3 fully saturated rings. The molecule has 29 heavy (non-hydrogen) atoms. The molecular formula is C24H45N2O2Y-. The Morgan fingerprint density at radius 3 is 1.76 bits per heavy atom. The number of amides is 1. The van der Waals surface area contributed by atoms with Crippen LogP contribution in [0.25, 0.3) is 0 Å². The summed E-state index contributed by atoms with van der Waals surface area (Å²) in [5.74, 6) is 1.82. The van der Waals surface area contributed by atoms with Crippen molar-refractivity contribution in [2.24, 2.45) is 17.8 Å². The van der Waals surface area contributed by atoms with Crippen molar-refractivity contribution in [1.29, 1.82) is 0 Å². The first kappa shape index (κ1) is 29.2. The van der Waals surface area contributed by atoms with E-state index < -0.39 is 0 Å². The average molecular weight is 483 g/mol. The van der Waals surface area contributed by atoms with Crippen molar-refractivity contribution < 1.29 is 42.3 Å². The maximum Gasteiger partial charge on any atom is 0.225 e. The van der Waals surface area contributed by atoms with Crippen LogP contribution in [0.3, 0.4) is 0 Å². The number of nitrogens with zero attached hydrogens (tertiary/aromatic N) is 2. The molecule has 4 nitrogen and oxygen atoms in total. The van der Waals surface area contributed by atoms with Gasteiger partial charge in [-0.05, 0) is 64.5 Å². The summed E-state index contributed by atoms with van der Waals surface area (Å²) in [6, 6.07) is 0. The predicted octanol–water partition coefficient (Wildman–Crippen LogP) is 4.97. The molecule has 167 valence electrons. The van der Waals surface area contributed by atoms with Crippen molar-refractivity contribution in [3.8, 4) is 0 Å². The van der Waals surface area contributed by atoms with Crippen molar-refractivity contribution in [3.63, 3.8) is 0 Å². The van der Waals surface area contributed by atoms with E-state index in [9.17, 15) is 9.59 Å². The number of carbonyl (C=O) groups is 2. The van der Waals surface area contributed by atoms with Gasteiger partial charge in [-0.15, -0.1) is 0 Å². The van der Waals surface area contributed by atoms with Crippen LogP contribution in [0.5, 0.6) is 0 Å². The van der Waals surface area contributed by atoms with Crippen LogP contribution in [0.1, 0.15) is 86.0 Å². The quantitative estimate of drug-likeness (QED) is 0.532. The zero-order valence-electron chi connectivity index (χ0n) is 19.8. The summed E-state index contributed by atoms with van der Waals surface area (Å²) in [6.07, 6.45) is 10.8. The van der Waals surface area contributed by atoms with Crippen LogP contribution >= 0.6 is 0 Å². The molecule has 0 aromatic heterocycles. The topological polar surface area (TPSA) is 40.6 Å². The summed E-state index contributed by atoms with van der Waals surface area (Å²) in [7, 11) is 0. The summed E-state index contributed by atoms with van der Waals surface area (Å²) in [5.41, 5.74) is 0. The van der Waals surface area contributed by atoms with E-state index in [0.717, 1.165) is 57.5 Å². The number of carbonyl (C=O) groups excluding carboxylic acids is 2. The molecule has 1 radical (unpaired) electrons. The number of hydrogen-bond donors (Lipinski definition) is 0. The Labute approximate surface area is 205 Å². The Balaban J connectivity index is 0.00000148. The van der Waals surface area contributed by atoms with E-state index in [-0.39, 0.29) is 44.5 Å². The molecule has 3 rings (SSSR count). The summed E-state index contributed by atoms with van der Waals surface area (Å²) in [6.45, 7) is 15.2. The zero-order valence-corrected chi connectivity index (χ0v) is 22.6. The van der Waals surface area contributed by atoms with Crippen molar-refractivity contribution in [2.45, 2.75) is 86.0 Å². The second kappa shape index (κ2) is 16.8. The van der Waals surface area contributed by atoms with E-state index in [1.165, 1.54) is 32.5 Å². The van der Waals surface area contributed by atoms with Gasteiger partial charge in [0, 0.05) is 64.2 Å². The third-order valence-electron chi connectivity index (χ3n) is 6.39. The van der Waals surface area contributed by atoms with Crippen LogP contribution < -0.4 is 0 Å². The number of ketones is 1. The molecule has 0 unspecified atom stereocenters. The second-order valence-electron chi connectivity index (χ2n) is 8.09. The maximum absolute atomic E-state index is 12.8. The molecule has 0 spiro atoms. The number of rotatable bonds is 4. The predicted molar refractivity (Wildman–Crippen MR) is 118 cm³/mol.